The summed E-state index contributed by atoms with van der Waals surface area (Å²) >= 11 is 1.40. The van der Waals surface area contributed by atoms with Crippen molar-refractivity contribution >= 4 is 17.7 Å². The summed E-state index contributed by atoms with van der Waals surface area (Å²) in [6, 6.07) is 16.2. The number of nitrogens with zero attached hydrogens (tertiary/aromatic N) is 3. The monoisotopic (exact) mass is 408 g/mol. The van der Waals surface area contributed by atoms with Crippen LogP contribution in [0.3, 0.4) is 0 Å². The number of thioether (sulfide) groups is 1. The van der Waals surface area contributed by atoms with Crippen molar-refractivity contribution in [3.05, 3.63) is 59.7 Å². The van der Waals surface area contributed by atoms with Gasteiger partial charge in [-0.1, -0.05) is 36.0 Å². The number of nitrogens with one attached hydrogen (secondary N) is 1. The highest BCUT2D eigenvalue weighted by Crippen LogP contribution is 2.30. The Morgan fingerprint density at radius 3 is 2.79 bits per heavy atom. The lowest BCUT2D eigenvalue weighted by atomic mass is 9.88. The molecule has 4 rings (SSSR count). The zero-order chi connectivity index (χ0) is 20.2. The lowest BCUT2D eigenvalue weighted by molar-refractivity contribution is -0.119. The number of amides is 1. The number of carbonyl (C=O) groups is 1. The minimum absolute atomic E-state index is 0.0192. The summed E-state index contributed by atoms with van der Waals surface area (Å²) in [6.07, 6.45) is 3.17. The second-order valence-corrected chi connectivity index (χ2v) is 8.04. The minimum atomic E-state index is 0.0192. The molecule has 3 aromatic rings. The van der Waals surface area contributed by atoms with E-state index in [-0.39, 0.29) is 11.9 Å². The summed E-state index contributed by atoms with van der Waals surface area (Å²) in [5.74, 6) is 1.89. The van der Waals surface area contributed by atoms with Crippen LogP contribution in [0.1, 0.15) is 30.0 Å². The van der Waals surface area contributed by atoms with Crippen LogP contribution in [0.15, 0.2) is 53.7 Å². The normalized spacial score (nSPS) is 15.6. The third kappa shape index (κ3) is 4.29. The van der Waals surface area contributed by atoms with Crippen LogP contribution in [0.2, 0.25) is 0 Å². The van der Waals surface area contributed by atoms with Crippen LogP contribution in [0, 0.1) is 0 Å². The van der Waals surface area contributed by atoms with Crippen molar-refractivity contribution in [2.24, 2.45) is 7.05 Å². The average Bonchev–Trinajstić information content (AvgIpc) is 3.13. The third-order valence-electron chi connectivity index (χ3n) is 5.22. The lowest BCUT2D eigenvalue weighted by Gasteiger charge is -2.26. The number of methoxy groups -OCH3 is 1. The predicted octanol–water partition coefficient (Wildman–Crippen LogP) is 3.78. The van der Waals surface area contributed by atoms with Crippen molar-refractivity contribution < 1.29 is 9.53 Å². The van der Waals surface area contributed by atoms with Gasteiger partial charge in [-0.2, -0.15) is 0 Å². The first-order chi connectivity index (χ1) is 14.2. The zero-order valence-corrected chi connectivity index (χ0v) is 17.4. The van der Waals surface area contributed by atoms with Gasteiger partial charge in [-0.25, -0.2) is 0 Å². The van der Waals surface area contributed by atoms with Crippen molar-refractivity contribution in [3.8, 4) is 17.1 Å². The number of hydrogen-bond donors (Lipinski definition) is 1. The number of carbonyl (C=O) groups excluding carboxylic acids is 1. The van der Waals surface area contributed by atoms with E-state index in [9.17, 15) is 4.79 Å². The van der Waals surface area contributed by atoms with Gasteiger partial charge in [0.2, 0.25) is 5.91 Å². The number of fused-ring (bicyclic) bond motifs is 1. The van der Waals surface area contributed by atoms with E-state index in [1.165, 1.54) is 22.9 Å². The van der Waals surface area contributed by atoms with E-state index < -0.39 is 0 Å². The van der Waals surface area contributed by atoms with Gasteiger partial charge in [0.25, 0.3) is 0 Å². The molecule has 0 saturated carbocycles. The van der Waals surface area contributed by atoms with Crippen LogP contribution in [-0.4, -0.2) is 33.5 Å². The van der Waals surface area contributed by atoms with Crippen molar-refractivity contribution in [1.82, 2.24) is 20.1 Å². The van der Waals surface area contributed by atoms with Gasteiger partial charge in [0.1, 0.15) is 5.75 Å². The molecule has 1 heterocycles. The van der Waals surface area contributed by atoms with Crippen molar-refractivity contribution in [3.63, 3.8) is 0 Å². The van der Waals surface area contributed by atoms with Crippen LogP contribution in [0.4, 0.5) is 0 Å². The van der Waals surface area contributed by atoms with Crippen LogP contribution in [-0.2, 0) is 18.3 Å². The molecule has 1 N–H and O–H groups in total. The fourth-order valence-corrected chi connectivity index (χ4v) is 4.42. The summed E-state index contributed by atoms with van der Waals surface area (Å²) in [7, 11) is 3.56. The summed E-state index contributed by atoms with van der Waals surface area (Å²) < 4.78 is 7.11. The fourth-order valence-electron chi connectivity index (χ4n) is 3.70. The first-order valence-corrected chi connectivity index (χ1v) is 10.7. The Hall–Kier alpha value is -2.80. The molecule has 1 amide bonds. The van der Waals surface area contributed by atoms with Crippen molar-refractivity contribution in [1.29, 1.82) is 0 Å². The van der Waals surface area contributed by atoms with Gasteiger partial charge in [0.05, 0.1) is 18.9 Å². The molecule has 1 aromatic heterocycles. The Labute approximate surface area is 174 Å². The first-order valence-electron chi connectivity index (χ1n) is 9.69. The lowest BCUT2D eigenvalue weighted by Crippen LogP contribution is -2.32. The van der Waals surface area contributed by atoms with Gasteiger partial charge < -0.3 is 14.6 Å². The standard InChI is InChI=1S/C22H24N4O2S/c1-26-21(16-10-12-17(28-2)13-11-16)24-25-22(26)29-14-20(27)23-19-9-5-7-15-6-3-4-8-18(15)19/h3-4,6,8,10-13,19H,5,7,9,14H2,1-2H3,(H,23,27)/t19-/m1/s1. The van der Waals surface area contributed by atoms with Gasteiger partial charge in [-0.3, -0.25) is 4.79 Å². The first kappa shape index (κ1) is 19.5. The third-order valence-corrected chi connectivity index (χ3v) is 6.24. The molecule has 7 heteroatoms. The molecule has 0 spiro atoms. The molecule has 0 bridgehead atoms. The summed E-state index contributed by atoms with van der Waals surface area (Å²) in [5.41, 5.74) is 3.54. The number of ether oxygens (including phenoxy) is 1. The van der Waals surface area contributed by atoms with E-state index in [1.807, 2.05) is 41.9 Å². The minimum Gasteiger partial charge on any atom is -0.497 e. The molecule has 0 radical (unpaired) electrons. The number of hydrogen-bond acceptors (Lipinski definition) is 5. The van der Waals surface area contributed by atoms with Gasteiger partial charge >= 0.3 is 0 Å². The Bertz CT molecular complexity index is 1000. The Balaban J connectivity index is 1.38. The molecule has 150 valence electrons. The van der Waals surface area contributed by atoms with Crippen molar-refractivity contribution in [2.75, 3.05) is 12.9 Å². The van der Waals surface area contributed by atoms with Gasteiger partial charge in [-0.15, -0.1) is 10.2 Å². The second kappa shape index (κ2) is 8.69. The summed E-state index contributed by atoms with van der Waals surface area (Å²) in [6.45, 7) is 0. The van der Waals surface area contributed by atoms with Crippen LogP contribution in [0.25, 0.3) is 11.4 Å². The highest BCUT2D eigenvalue weighted by molar-refractivity contribution is 7.99. The van der Waals surface area contributed by atoms with Crippen molar-refractivity contribution in [2.45, 2.75) is 30.5 Å². The largest absolute Gasteiger partial charge is 0.497 e. The van der Waals surface area contributed by atoms with E-state index in [1.54, 1.807) is 7.11 Å². The Morgan fingerprint density at radius 2 is 2.00 bits per heavy atom. The molecular formula is C22H24N4O2S. The molecule has 0 aliphatic heterocycles. The van der Waals surface area contributed by atoms with Crippen LogP contribution >= 0.6 is 11.8 Å². The van der Waals surface area contributed by atoms with E-state index in [0.29, 0.717) is 5.75 Å². The molecule has 1 atom stereocenters. The number of aromatic nitrogens is 3. The topological polar surface area (TPSA) is 69.0 Å². The molecule has 1 aliphatic carbocycles. The average molecular weight is 409 g/mol. The molecule has 0 unspecified atom stereocenters. The quantitative estimate of drug-likeness (QED) is 0.629. The molecular weight excluding hydrogens is 384 g/mol. The van der Waals surface area contributed by atoms with E-state index in [2.05, 4.69) is 33.7 Å². The fraction of sp³-hybridized carbons (Fsp3) is 0.318. The summed E-state index contributed by atoms with van der Waals surface area (Å²) in [5, 5.41) is 12.4. The Morgan fingerprint density at radius 1 is 1.21 bits per heavy atom. The molecule has 6 nitrogen and oxygen atoms in total. The molecule has 29 heavy (non-hydrogen) atoms. The maximum Gasteiger partial charge on any atom is 0.230 e. The molecule has 0 fully saturated rings. The summed E-state index contributed by atoms with van der Waals surface area (Å²) in [4.78, 5) is 12.5. The highest BCUT2D eigenvalue weighted by Gasteiger charge is 2.21. The van der Waals surface area contributed by atoms with Crippen LogP contribution < -0.4 is 10.1 Å². The van der Waals surface area contributed by atoms with E-state index in [4.69, 9.17) is 4.74 Å². The highest BCUT2D eigenvalue weighted by atomic mass is 32.2. The number of rotatable bonds is 6. The SMILES string of the molecule is COc1ccc(-c2nnc(SCC(=O)N[C@@H]3CCCc4ccccc43)n2C)cc1. The van der Waals surface area contributed by atoms with Crippen LogP contribution in [0.5, 0.6) is 5.75 Å². The number of aryl methyl sites for hydroxylation is 1. The predicted molar refractivity (Wildman–Crippen MR) is 114 cm³/mol. The smallest absolute Gasteiger partial charge is 0.230 e. The van der Waals surface area contributed by atoms with Gasteiger partial charge in [0.15, 0.2) is 11.0 Å². The maximum atomic E-state index is 12.5. The second-order valence-electron chi connectivity index (χ2n) is 7.09. The zero-order valence-electron chi connectivity index (χ0n) is 16.6. The molecule has 2 aromatic carbocycles. The number of benzene rings is 2. The van der Waals surface area contributed by atoms with E-state index >= 15 is 0 Å². The van der Waals surface area contributed by atoms with Gasteiger partial charge in [0, 0.05) is 12.6 Å². The maximum absolute atomic E-state index is 12.5. The molecule has 0 saturated heterocycles. The van der Waals surface area contributed by atoms with E-state index in [0.717, 1.165) is 41.6 Å². The van der Waals surface area contributed by atoms with Gasteiger partial charge in [-0.05, 0) is 54.7 Å². The Kier molecular flexibility index (Phi) is 5.85. The molecule has 1 aliphatic rings.